The Morgan fingerprint density at radius 3 is 2.93 bits per heavy atom. The summed E-state index contributed by atoms with van der Waals surface area (Å²) in [6.07, 6.45) is 3.13. The van der Waals surface area contributed by atoms with E-state index in [2.05, 4.69) is 21.3 Å². The van der Waals surface area contributed by atoms with Crippen molar-refractivity contribution in [2.45, 2.75) is 31.5 Å². The Hall–Kier alpha value is -2.76. The Kier molecular flexibility index (Phi) is 5.58. The summed E-state index contributed by atoms with van der Waals surface area (Å²) in [6.45, 7) is 2.28. The predicted octanol–water partition coefficient (Wildman–Crippen LogP) is 2.57. The van der Waals surface area contributed by atoms with Crippen molar-refractivity contribution in [2.75, 3.05) is 24.5 Å². The maximum Gasteiger partial charge on any atom is 0.257 e. The molecule has 2 fully saturated rings. The van der Waals surface area contributed by atoms with Crippen molar-refractivity contribution in [3.8, 4) is 17.5 Å². The van der Waals surface area contributed by atoms with Gasteiger partial charge < -0.3 is 16.0 Å². The van der Waals surface area contributed by atoms with Crippen LogP contribution in [-0.2, 0) is 11.3 Å². The number of hydrogen-bond acceptors (Lipinski definition) is 6. The van der Waals surface area contributed by atoms with Crippen LogP contribution < -0.4 is 16.0 Å². The van der Waals surface area contributed by atoms with Crippen molar-refractivity contribution in [1.82, 2.24) is 15.3 Å². The van der Waals surface area contributed by atoms with E-state index in [-0.39, 0.29) is 19.4 Å². The van der Waals surface area contributed by atoms with Crippen LogP contribution in [0.2, 0.25) is 5.02 Å². The van der Waals surface area contributed by atoms with Gasteiger partial charge in [0, 0.05) is 37.0 Å². The van der Waals surface area contributed by atoms with Crippen molar-refractivity contribution in [1.29, 1.82) is 5.26 Å². The van der Waals surface area contributed by atoms with Crippen molar-refractivity contribution < 1.29 is 9.18 Å². The minimum absolute atomic E-state index is 0.147. The van der Waals surface area contributed by atoms with E-state index in [9.17, 15) is 14.4 Å². The largest absolute Gasteiger partial charge is 0.356 e. The number of nitrogens with zero attached hydrogens (tertiary/aromatic N) is 4. The number of halogens is 2. The summed E-state index contributed by atoms with van der Waals surface area (Å²) in [5.74, 6) is 0.921. The van der Waals surface area contributed by atoms with Gasteiger partial charge in [-0.2, -0.15) is 5.26 Å². The summed E-state index contributed by atoms with van der Waals surface area (Å²) in [4.78, 5) is 23.3. The van der Waals surface area contributed by atoms with Crippen LogP contribution in [0.1, 0.15) is 30.4 Å². The van der Waals surface area contributed by atoms with E-state index in [1.807, 2.05) is 0 Å². The second-order valence-corrected chi connectivity index (χ2v) is 8.24. The van der Waals surface area contributed by atoms with Crippen molar-refractivity contribution in [3.63, 3.8) is 0 Å². The van der Waals surface area contributed by atoms with Gasteiger partial charge in [0.1, 0.15) is 11.9 Å². The lowest BCUT2D eigenvalue weighted by atomic mass is 10.1. The topological polar surface area (TPSA) is 108 Å². The molecule has 1 aliphatic carbocycles. The first kappa shape index (κ1) is 20.5. The summed E-state index contributed by atoms with van der Waals surface area (Å²) >= 11 is 6.03. The highest BCUT2D eigenvalue weighted by Crippen LogP contribution is 2.40. The summed E-state index contributed by atoms with van der Waals surface area (Å²) in [5, 5.41) is 12.3. The van der Waals surface area contributed by atoms with Gasteiger partial charge in [-0.25, -0.2) is 14.4 Å². The van der Waals surface area contributed by atoms with Crippen molar-refractivity contribution >= 4 is 23.3 Å². The molecule has 0 spiro atoms. The van der Waals surface area contributed by atoms with Gasteiger partial charge in [-0.15, -0.1) is 0 Å². The van der Waals surface area contributed by atoms with Gasteiger partial charge in [-0.1, -0.05) is 11.6 Å². The number of aromatic nitrogens is 2. The van der Waals surface area contributed by atoms with Gasteiger partial charge in [0.15, 0.2) is 11.5 Å². The fourth-order valence-corrected chi connectivity index (χ4v) is 3.73. The van der Waals surface area contributed by atoms with E-state index in [0.29, 0.717) is 45.8 Å². The molecule has 1 aliphatic heterocycles. The van der Waals surface area contributed by atoms with Crippen LogP contribution >= 0.6 is 11.6 Å². The molecular weight excluding hydrogens is 407 g/mol. The van der Waals surface area contributed by atoms with Crippen molar-refractivity contribution in [3.05, 3.63) is 40.5 Å². The van der Waals surface area contributed by atoms with Gasteiger partial charge in [0.25, 0.3) is 5.91 Å². The first-order valence-electron chi connectivity index (χ1n) is 9.91. The highest BCUT2D eigenvalue weighted by Gasteiger charge is 2.50. The lowest BCUT2D eigenvalue weighted by Gasteiger charge is -2.22. The molecule has 3 N–H and O–H groups in total. The van der Waals surface area contributed by atoms with E-state index in [1.165, 1.54) is 0 Å². The molecule has 1 aromatic heterocycles. The lowest BCUT2D eigenvalue weighted by Crippen LogP contribution is -2.34. The zero-order chi connectivity index (χ0) is 21.3. The average Bonchev–Trinajstić information content (AvgIpc) is 3.34. The number of nitriles is 1. The van der Waals surface area contributed by atoms with Gasteiger partial charge >= 0.3 is 0 Å². The van der Waals surface area contributed by atoms with E-state index >= 15 is 0 Å². The number of rotatable bonds is 6. The minimum atomic E-state index is -1.73. The summed E-state index contributed by atoms with van der Waals surface area (Å²) in [6, 6.07) is 7.11. The first-order valence-corrected chi connectivity index (χ1v) is 10.3. The van der Waals surface area contributed by atoms with Gasteiger partial charge in [0.05, 0.1) is 10.6 Å². The molecule has 1 saturated heterocycles. The van der Waals surface area contributed by atoms with E-state index in [0.717, 1.165) is 19.5 Å². The molecular formula is C21H22ClFN6O. The third kappa shape index (κ3) is 4.09. The highest BCUT2D eigenvalue weighted by molar-refractivity contribution is 6.31. The molecule has 30 heavy (non-hydrogen) atoms. The smallest absolute Gasteiger partial charge is 0.257 e. The number of benzene rings is 1. The van der Waals surface area contributed by atoms with Crippen LogP contribution in [0, 0.1) is 17.2 Å². The SMILES string of the molecule is N#Cc1cc(-c2ncc(CNC(=O)C3(F)CC3)c(N3CCC(CN)C3)n2)ccc1Cl. The number of nitrogens with two attached hydrogens (primary N) is 1. The Morgan fingerprint density at radius 1 is 1.47 bits per heavy atom. The number of hydrogen-bond donors (Lipinski definition) is 2. The molecule has 2 aliphatic rings. The third-order valence-electron chi connectivity index (χ3n) is 5.64. The summed E-state index contributed by atoms with van der Waals surface area (Å²) in [5.41, 5.74) is 5.83. The third-order valence-corrected chi connectivity index (χ3v) is 5.97. The van der Waals surface area contributed by atoms with Crippen LogP contribution in [0.25, 0.3) is 11.4 Å². The van der Waals surface area contributed by atoms with E-state index in [1.54, 1.807) is 24.4 Å². The van der Waals surface area contributed by atoms with Crippen LogP contribution in [0.5, 0.6) is 0 Å². The zero-order valence-electron chi connectivity index (χ0n) is 16.4. The molecule has 2 aromatic rings. The van der Waals surface area contributed by atoms with Crippen LogP contribution in [-0.4, -0.2) is 41.2 Å². The number of amides is 1. The lowest BCUT2D eigenvalue weighted by molar-refractivity contribution is -0.127. The number of carbonyl (C=O) groups excluding carboxylic acids is 1. The molecule has 9 heteroatoms. The Labute approximate surface area is 179 Å². The van der Waals surface area contributed by atoms with E-state index < -0.39 is 11.6 Å². The number of anilines is 1. The van der Waals surface area contributed by atoms with Crippen LogP contribution in [0.3, 0.4) is 0 Å². The molecule has 0 radical (unpaired) electrons. The maximum atomic E-state index is 14.0. The monoisotopic (exact) mass is 428 g/mol. The fraction of sp³-hybridized carbons (Fsp3) is 0.429. The molecule has 1 amide bonds. The quantitative estimate of drug-likeness (QED) is 0.732. The van der Waals surface area contributed by atoms with Crippen molar-refractivity contribution in [2.24, 2.45) is 11.7 Å². The average molecular weight is 429 g/mol. The van der Waals surface area contributed by atoms with Gasteiger partial charge in [-0.3, -0.25) is 4.79 Å². The molecule has 1 unspecified atom stereocenters. The highest BCUT2D eigenvalue weighted by atomic mass is 35.5. The van der Waals surface area contributed by atoms with Gasteiger partial charge in [-0.05, 0) is 49.9 Å². The molecule has 4 rings (SSSR count). The summed E-state index contributed by atoms with van der Waals surface area (Å²) in [7, 11) is 0. The zero-order valence-corrected chi connectivity index (χ0v) is 17.1. The molecule has 7 nitrogen and oxygen atoms in total. The molecule has 0 bridgehead atoms. The Balaban J connectivity index is 1.64. The fourth-order valence-electron chi connectivity index (χ4n) is 3.57. The first-order chi connectivity index (χ1) is 14.4. The number of alkyl halides is 1. The molecule has 2 heterocycles. The second-order valence-electron chi connectivity index (χ2n) is 7.83. The number of nitrogens with one attached hydrogen (secondary N) is 1. The van der Waals surface area contributed by atoms with E-state index in [4.69, 9.17) is 22.3 Å². The molecule has 1 atom stereocenters. The normalized spacial score (nSPS) is 19.4. The summed E-state index contributed by atoms with van der Waals surface area (Å²) < 4.78 is 14.0. The Bertz CT molecular complexity index is 1020. The standard InChI is InChI=1S/C21H22ClFN6O/c22-17-2-1-14(7-15(17)9-25)18-26-10-16(11-27-20(30)21(23)4-5-21)19(28-18)29-6-3-13(8-24)12-29/h1-2,7,10,13H,3-6,8,11-12,24H2,(H,27,30). The predicted molar refractivity (Wildman–Crippen MR) is 111 cm³/mol. The van der Waals surface area contributed by atoms with Crippen LogP contribution in [0.15, 0.2) is 24.4 Å². The molecule has 1 aromatic carbocycles. The Morgan fingerprint density at radius 2 is 2.27 bits per heavy atom. The minimum Gasteiger partial charge on any atom is -0.356 e. The van der Waals surface area contributed by atoms with Crippen LogP contribution in [0.4, 0.5) is 10.2 Å². The molecule has 156 valence electrons. The second kappa shape index (κ2) is 8.17. The van der Waals surface area contributed by atoms with Gasteiger partial charge in [0.2, 0.25) is 0 Å². The molecule has 1 saturated carbocycles. The number of carbonyl (C=O) groups is 1. The maximum absolute atomic E-state index is 14.0.